The number of nitrogens with zero attached hydrogens (tertiary/aromatic N) is 1. The van der Waals surface area contributed by atoms with Crippen molar-refractivity contribution in [2.45, 2.75) is 61.7 Å². The van der Waals surface area contributed by atoms with Crippen molar-refractivity contribution in [3.8, 4) is 0 Å². The van der Waals surface area contributed by atoms with E-state index in [1.165, 1.54) is 0 Å². The quantitative estimate of drug-likeness (QED) is 0.101. The minimum absolute atomic E-state index is 0.612. The Morgan fingerprint density at radius 1 is 1.13 bits per heavy atom. The average molecular weight is 594 g/mol. The highest BCUT2D eigenvalue weighted by molar-refractivity contribution is 7.60. The van der Waals surface area contributed by atoms with E-state index in [9.17, 15) is 53.9 Å². The summed E-state index contributed by atoms with van der Waals surface area (Å²) in [6.45, 7) is -0.0718. The number of carbonyl (C=O) groups is 1. The Morgan fingerprint density at radius 3 is 2.34 bits per heavy atom. The highest BCUT2D eigenvalue weighted by Gasteiger charge is 2.59. The lowest BCUT2D eigenvalue weighted by atomic mass is 9.93. The van der Waals surface area contributed by atoms with Crippen molar-refractivity contribution in [3.05, 3.63) is 33.1 Å². The smallest absolute Gasteiger partial charge is 0.452 e. The van der Waals surface area contributed by atoms with Crippen LogP contribution in [-0.4, -0.2) is 111 Å². The van der Waals surface area contributed by atoms with Crippen molar-refractivity contribution in [2.24, 2.45) is 0 Å². The number of ether oxygens (including phenoxy) is 3. The first-order valence-electron chi connectivity index (χ1n) is 10.4. The molecule has 3 rings (SSSR count). The van der Waals surface area contributed by atoms with Crippen molar-refractivity contribution < 1.29 is 77.2 Å². The van der Waals surface area contributed by atoms with E-state index in [0.717, 1.165) is 19.2 Å². The van der Waals surface area contributed by atoms with Gasteiger partial charge in [0, 0.05) is 12.3 Å². The van der Waals surface area contributed by atoms with Gasteiger partial charge >= 0.3 is 27.3 Å². The lowest BCUT2D eigenvalue weighted by Gasteiger charge is -2.43. The molecular formula is C16H24N2O18P2. The zero-order valence-electron chi connectivity index (χ0n) is 19.0. The van der Waals surface area contributed by atoms with E-state index < -0.39 is 94.2 Å². The van der Waals surface area contributed by atoms with Gasteiger partial charge in [0.05, 0.1) is 12.7 Å². The molecule has 0 saturated carbocycles. The molecule has 2 fully saturated rings. The van der Waals surface area contributed by atoms with Gasteiger partial charge in [0.15, 0.2) is 12.3 Å². The maximum absolute atomic E-state index is 12.8. The number of aromatic amines is 1. The molecule has 1 unspecified atom stereocenters. The summed E-state index contributed by atoms with van der Waals surface area (Å²) < 4.78 is 46.6. The molecule has 2 aliphatic rings. The maximum atomic E-state index is 12.8. The van der Waals surface area contributed by atoms with Crippen LogP contribution in [-0.2, 0) is 37.0 Å². The molecule has 9 N–H and O–H groups in total. The third-order valence-electron chi connectivity index (χ3n) is 5.50. The molecule has 0 amide bonds. The van der Waals surface area contributed by atoms with Crippen LogP contribution in [0.3, 0.4) is 0 Å². The van der Waals surface area contributed by atoms with Crippen LogP contribution in [0.4, 0.5) is 0 Å². The summed E-state index contributed by atoms with van der Waals surface area (Å²) in [6, 6.07) is 0.848. The Morgan fingerprint density at radius 2 is 1.76 bits per heavy atom. The number of hydrogen-bond donors (Lipinski definition) is 9. The fraction of sp³-hybridized carbons (Fsp3) is 0.688. The number of aliphatic hydroxyl groups is 5. The van der Waals surface area contributed by atoms with E-state index in [2.05, 4.69) is 8.83 Å². The van der Waals surface area contributed by atoms with Gasteiger partial charge in [0.25, 0.3) is 11.3 Å². The first-order valence-corrected chi connectivity index (χ1v) is 13.4. The predicted molar refractivity (Wildman–Crippen MR) is 114 cm³/mol. The predicted octanol–water partition coefficient (Wildman–Crippen LogP) is -4.88. The monoisotopic (exact) mass is 594 g/mol. The number of phosphoric ester groups is 1. The number of aliphatic hydroxyl groups excluding tert-OH is 4. The van der Waals surface area contributed by atoms with Crippen LogP contribution in [0.25, 0.3) is 0 Å². The third kappa shape index (κ3) is 6.46. The van der Waals surface area contributed by atoms with E-state index in [1.807, 2.05) is 4.98 Å². The Hall–Kier alpha value is -1.87. The Bertz CT molecular complexity index is 1250. The van der Waals surface area contributed by atoms with Gasteiger partial charge in [-0.1, -0.05) is 0 Å². The molecule has 22 heteroatoms. The van der Waals surface area contributed by atoms with Crippen LogP contribution in [0, 0.1) is 0 Å². The molecule has 0 aromatic carbocycles. The molecule has 3 heterocycles. The van der Waals surface area contributed by atoms with Crippen molar-refractivity contribution in [2.75, 3.05) is 6.61 Å². The van der Waals surface area contributed by atoms with Gasteiger partial charge in [-0.25, -0.2) is 18.7 Å². The summed E-state index contributed by atoms with van der Waals surface area (Å²) in [5, 5.41) is 51.2. The first-order chi connectivity index (χ1) is 17.4. The van der Waals surface area contributed by atoms with Gasteiger partial charge in [-0.2, -0.15) is 4.31 Å². The highest BCUT2D eigenvalue weighted by atomic mass is 31.3. The molecule has 1 aromatic rings. The lowest BCUT2D eigenvalue weighted by molar-refractivity contribution is -0.335. The van der Waals surface area contributed by atoms with Crippen LogP contribution in [0.1, 0.15) is 13.2 Å². The second-order valence-electron chi connectivity index (χ2n) is 8.23. The molecule has 0 spiro atoms. The van der Waals surface area contributed by atoms with Gasteiger partial charge in [0.1, 0.15) is 30.5 Å². The number of rotatable bonds is 8. The van der Waals surface area contributed by atoms with E-state index in [1.54, 1.807) is 0 Å². The number of nitrogens with one attached hydrogen (secondary N) is 1. The number of H-pyrrole nitrogens is 1. The Kier molecular flexibility index (Phi) is 8.84. The van der Waals surface area contributed by atoms with Crippen LogP contribution < -0.4 is 11.2 Å². The largest absolute Gasteiger partial charge is 0.481 e. The Labute approximate surface area is 210 Å². The zero-order valence-corrected chi connectivity index (χ0v) is 20.8. The van der Waals surface area contributed by atoms with E-state index in [4.69, 9.17) is 24.0 Å². The van der Waals surface area contributed by atoms with E-state index in [0.29, 0.717) is 4.57 Å². The number of carbonyl (C=O) groups excluding carboxylic acids is 1. The van der Waals surface area contributed by atoms with Gasteiger partial charge in [0.2, 0.25) is 0 Å². The normalized spacial score (nSPS) is 37.5. The topological polar surface area (TPSA) is 314 Å². The molecule has 20 nitrogen and oxygen atoms in total. The van der Waals surface area contributed by atoms with Crippen LogP contribution >= 0.6 is 15.6 Å². The molecule has 1 aromatic heterocycles. The van der Waals surface area contributed by atoms with Crippen LogP contribution in [0.2, 0.25) is 0 Å². The summed E-state index contributed by atoms with van der Waals surface area (Å²) in [5.41, 5.74) is -1.96. The third-order valence-corrected chi connectivity index (χ3v) is 7.65. The van der Waals surface area contributed by atoms with Crippen LogP contribution in [0.15, 0.2) is 21.9 Å². The molecular weight excluding hydrogens is 570 g/mol. The first kappa shape index (κ1) is 30.7. The highest BCUT2D eigenvalue weighted by Crippen LogP contribution is 2.57. The van der Waals surface area contributed by atoms with Gasteiger partial charge in [-0.05, 0) is 6.92 Å². The van der Waals surface area contributed by atoms with Crippen molar-refractivity contribution >= 4 is 21.6 Å². The molecule has 0 bridgehead atoms. The number of hydrogen-bond acceptors (Lipinski definition) is 15. The van der Waals surface area contributed by atoms with Gasteiger partial charge in [-0.15, -0.1) is 0 Å². The molecule has 38 heavy (non-hydrogen) atoms. The fourth-order valence-corrected chi connectivity index (χ4v) is 5.28. The molecule has 2 aliphatic heterocycles. The van der Waals surface area contributed by atoms with Crippen molar-refractivity contribution in [1.82, 2.24) is 9.55 Å². The van der Waals surface area contributed by atoms with E-state index in [-0.39, 0.29) is 0 Å². The number of esters is 1. The summed E-state index contributed by atoms with van der Waals surface area (Å²) in [5.74, 6) is -5.17. The second kappa shape index (κ2) is 11.0. The van der Waals surface area contributed by atoms with Crippen molar-refractivity contribution in [1.29, 1.82) is 0 Å². The van der Waals surface area contributed by atoms with Gasteiger partial charge < -0.3 is 54.4 Å². The lowest BCUT2D eigenvalue weighted by Crippen LogP contribution is -2.67. The SMILES string of the molecule is C[C@H]1O[C@@](O)(C(=O)O[C@H]2[C@@H](O)[C@H](n3ccc(=O)[nH]c3=O)O[C@@H]2COP(=O)(O)OP(=O)(O)O)[C@H](O)[C@@H](O)[C@@H]1O. The molecule has 0 radical (unpaired) electrons. The maximum Gasteiger partial charge on any atom is 0.481 e. The average Bonchev–Trinajstić information content (AvgIpc) is 3.08. The van der Waals surface area contributed by atoms with Crippen molar-refractivity contribution in [3.63, 3.8) is 0 Å². The summed E-state index contributed by atoms with van der Waals surface area (Å²) in [7, 11) is -11.0. The van der Waals surface area contributed by atoms with Gasteiger partial charge in [-0.3, -0.25) is 18.9 Å². The van der Waals surface area contributed by atoms with E-state index >= 15 is 0 Å². The summed E-state index contributed by atoms with van der Waals surface area (Å²) >= 11 is 0. The zero-order chi connectivity index (χ0) is 28.8. The number of aromatic nitrogens is 2. The minimum atomic E-state index is -5.54. The molecule has 10 atom stereocenters. The standard InChI is InChI=1S/C16H24N2O18P2/c1-5-8(20)9(21)12(23)16(26,35-5)14(24)34-11-6(4-32-38(30,31)36-37(27,28)29)33-13(10(11)22)18-3-2-7(19)17-15(18)25/h2-3,5-6,8-13,20-23,26H,4H2,1H3,(H,30,31)(H,17,19,25)(H2,27,28,29)/t5-,6-,8-,9+,10-,11-,12-,13-,16-/m1/s1. The molecule has 0 aliphatic carbocycles. The van der Waals surface area contributed by atoms with Crippen LogP contribution in [0.5, 0.6) is 0 Å². The molecule has 216 valence electrons. The summed E-state index contributed by atoms with van der Waals surface area (Å²) in [6.07, 6.45) is -14.6. The summed E-state index contributed by atoms with van der Waals surface area (Å²) in [4.78, 5) is 65.2. The minimum Gasteiger partial charge on any atom is -0.452 e. The number of phosphoric acid groups is 2. The fourth-order valence-electron chi connectivity index (χ4n) is 3.68. The second-order valence-corrected chi connectivity index (χ2v) is 11.1. The Balaban J connectivity index is 1.90. The molecule has 2 saturated heterocycles.